The summed E-state index contributed by atoms with van der Waals surface area (Å²) < 4.78 is 46.3. The number of sulfonamides is 1. The van der Waals surface area contributed by atoms with Crippen molar-refractivity contribution in [2.24, 2.45) is 0 Å². The highest BCUT2D eigenvalue weighted by Gasteiger charge is 2.35. The number of halogens is 2. The number of amides is 2. The van der Waals surface area contributed by atoms with Crippen molar-refractivity contribution >= 4 is 50.7 Å². The number of rotatable bonds is 18. The van der Waals surface area contributed by atoms with E-state index in [4.69, 9.17) is 37.4 Å². The van der Waals surface area contributed by atoms with Gasteiger partial charge >= 0.3 is 0 Å². The molecule has 13 heteroatoms. The number of unbranched alkanes of at least 4 members (excludes halogenated alkanes) is 1. The maximum absolute atomic E-state index is 14.7. The Labute approximate surface area is 310 Å². The van der Waals surface area contributed by atoms with E-state index in [2.05, 4.69) is 5.32 Å². The van der Waals surface area contributed by atoms with E-state index in [1.165, 1.54) is 37.3 Å². The summed E-state index contributed by atoms with van der Waals surface area (Å²) in [5.41, 5.74) is 1.55. The maximum atomic E-state index is 14.7. The fourth-order valence-corrected chi connectivity index (χ4v) is 7.30. The summed E-state index contributed by atoms with van der Waals surface area (Å²) in [6.07, 6.45) is 1.77. The molecule has 0 aliphatic heterocycles. The van der Waals surface area contributed by atoms with Crippen LogP contribution in [0.3, 0.4) is 0 Å². The Bertz CT molecular complexity index is 1880. The number of nitrogens with zero attached hydrogens (tertiary/aromatic N) is 2. The Morgan fingerprint density at radius 3 is 2.20 bits per heavy atom. The van der Waals surface area contributed by atoms with Gasteiger partial charge in [-0.3, -0.25) is 13.9 Å². The minimum atomic E-state index is -4.41. The first-order chi connectivity index (χ1) is 24.5. The predicted octanol–water partition coefficient (Wildman–Crippen LogP) is 7.16. The molecule has 0 radical (unpaired) electrons. The zero-order valence-corrected chi connectivity index (χ0v) is 31.4. The number of carbonyl (C=O) groups excluding carboxylic acids is 2. The van der Waals surface area contributed by atoms with Crippen LogP contribution in [0.25, 0.3) is 0 Å². The first kappa shape index (κ1) is 39.3. The van der Waals surface area contributed by atoms with Crippen LogP contribution in [0, 0.1) is 0 Å². The number of ether oxygens (including phenoxy) is 3. The second-order valence-electron chi connectivity index (χ2n) is 11.6. The molecule has 0 aromatic heterocycles. The van der Waals surface area contributed by atoms with Gasteiger partial charge in [0.1, 0.15) is 18.3 Å². The average molecular weight is 757 g/mol. The molecule has 0 spiro atoms. The lowest BCUT2D eigenvalue weighted by atomic mass is 10.0. The molecule has 1 N–H and O–H groups in total. The quantitative estimate of drug-likeness (QED) is 0.107. The summed E-state index contributed by atoms with van der Waals surface area (Å²) in [4.78, 5) is 30.0. The van der Waals surface area contributed by atoms with Crippen LogP contribution in [0.15, 0.2) is 95.9 Å². The van der Waals surface area contributed by atoms with Gasteiger partial charge in [0.25, 0.3) is 10.0 Å². The molecule has 10 nitrogen and oxygen atoms in total. The van der Waals surface area contributed by atoms with Gasteiger partial charge in [-0.15, -0.1) is 0 Å². The molecule has 272 valence electrons. The topological polar surface area (TPSA) is 114 Å². The second-order valence-corrected chi connectivity index (χ2v) is 14.3. The zero-order chi connectivity index (χ0) is 37.0. The van der Waals surface area contributed by atoms with Crippen LogP contribution in [-0.2, 0) is 32.6 Å². The number of hydrogen-bond donors (Lipinski definition) is 1. The van der Waals surface area contributed by atoms with Crippen molar-refractivity contribution in [3.8, 4) is 17.2 Å². The van der Waals surface area contributed by atoms with Crippen LogP contribution in [0.2, 0.25) is 10.0 Å². The SMILES string of the molecule is CCCCNC(=O)[C@@H](Cc1ccccc1)N(Cc1ccc(Cl)cc1Cl)C(=O)CN(c1ccc(OCC)cc1)S(=O)(=O)c1ccc(OC)c(OC)c1. The fourth-order valence-electron chi connectivity index (χ4n) is 5.40. The number of carbonyl (C=O) groups is 2. The van der Waals surface area contributed by atoms with E-state index < -0.39 is 28.5 Å². The van der Waals surface area contributed by atoms with E-state index in [0.717, 1.165) is 22.7 Å². The van der Waals surface area contributed by atoms with Crippen LogP contribution in [-0.4, -0.2) is 65.1 Å². The van der Waals surface area contributed by atoms with Gasteiger partial charge in [0, 0.05) is 35.6 Å². The monoisotopic (exact) mass is 755 g/mol. The van der Waals surface area contributed by atoms with Crippen molar-refractivity contribution in [3.63, 3.8) is 0 Å². The lowest BCUT2D eigenvalue weighted by Crippen LogP contribution is -2.53. The van der Waals surface area contributed by atoms with E-state index in [-0.39, 0.29) is 35.2 Å². The van der Waals surface area contributed by atoms with Crippen molar-refractivity contribution in [1.82, 2.24) is 10.2 Å². The lowest BCUT2D eigenvalue weighted by molar-refractivity contribution is -0.140. The van der Waals surface area contributed by atoms with Crippen LogP contribution in [0.5, 0.6) is 17.2 Å². The molecule has 0 saturated carbocycles. The third kappa shape index (κ3) is 10.3. The first-order valence-corrected chi connectivity index (χ1v) is 18.7. The van der Waals surface area contributed by atoms with Crippen LogP contribution < -0.4 is 23.8 Å². The molecule has 0 unspecified atom stereocenters. The molecule has 0 heterocycles. The standard InChI is InChI=1S/C38H43Cl2N3O7S/c1-5-7-21-41-38(45)34(22-27-11-9-8-10-12-27)42(25-28-13-14-29(39)23-33(28)40)37(44)26-43(30-15-17-31(18-16-30)50-6-2)51(46,47)32-19-20-35(48-3)36(24-32)49-4/h8-20,23-24,34H,5-7,21-22,25-26H2,1-4H3,(H,41,45)/t34-/m1/s1. The van der Waals surface area contributed by atoms with Crippen molar-refractivity contribution in [2.45, 2.75) is 50.6 Å². The Hall–Kier alpha value is -4.45. The molecule has 51 heavy (non-hydrogen) atoms. The number of nitrogens with one attached hydrogen (secondary N) is 1. The highest BCUT2D eigenvalue weighted by atomic mass is 35.5. The lowest BCUT2D eigenvalue weighted by Gasteiger charge is -2.34. The van der Waals surface area contributed by atoms with Crippen LogP contribution in [0.1, 0.15) is 37.8 Å². The van der Waals surface area contributed by atoms with E-state index in [0.29, 0.717) is 40.3 Å². The van der Waals surface area contributed by atoms with Gasteiger partial charge in [-0.05, 0) is 73.0 Å². The van der Waals surface area contributed by atoms with Crippen LogP contribution in [0.4, 0.5) is 5.69 Å². The second kappa shape index (κ2) is 18.7. The largest absolute Gasteiger partial charge is 0.494 e. The first-order valence-electron chi connectivity index (χ1n) is 16.5. The van der Waals surface area contributed by atoms with E-state index in [1.54, 1.807) is 42.5 Å². The molecule has 0 saturated heterocycles. The predicted molar refractivity (Wildman–Crippen MR) is 201 cm³/mol. The summed E-state index contributed by atoms with van der Waals surface area (Å²) >= 11 is 12.8. The smallest absolute Gasteiger partial charge is 0.264 e. The molecule has 2 amide bonds. The molecule has 0 fully saturated rings. The molecule has 0 aliphatic carbocycles. The minimum absolute atomic E-state index is 0.0962. The Kier molecular flexibility index (Phi) is 14.4. The van der Waals surface area contributed by atoms with Gasteiger partial charge < -0.3 is 24.4 Å². The van der Waals surface area contributed by atoms with Gasteiger partial charge in [-0.25, -0.2) is 8.42 Å². The normalized spacial score (nSPS) is 11.7. The third-order valence-corrected chi connectivity index (χ3v) is 10.5. The number of anilines is 1. The highest BCUT2D eigenvalue weighted by Crippen LogP contribution is 2.33. The summed E-state index contributed by atoms with van der Waals surface area (Å²) in [5, 5.41) is 3.68. The van der Waals surface area contributed by atoms with Crippen molar-refractivity contribution in [3.05, 3.63) is 112 Å². The van der Waals surface area contributed by atoms with Crippen molar-refractivity contribution < 1.29 is 32.2 Å². The summed E-state index contributed by atoms with van der Waals surface area (Å²) in [7, 11) is -1.56. The Balaban J connectivity index is 1.84. The van der Waals surface area contributed by atoms with Gasteiger partial charge in [-0.2, -0.15) is 0 Å². The molecule has 4 rings (SSSR count). The fraction of sp³-hybridized carbons (Fsp3) is 0.316. The van der Waals surface area contributed by atoms with Gasteiger partial charge in [-0.1, -0.05) is 72.9 Å². The van der Waals surface area contributed by atoms with E-state index in [9.17, 15) is 18.0 Å². The average Bonchev–Trinajstić information content (AvgIpc) is 3.13. The van der Waals surface area contributed by atoms with Gasteiger partial charge in [0.05, 0.1) is 31.4 Å². The van der Waals surface area contributed by atoms with E-state index in [1.807, 2.05) is 44.2 Å². The highest BCUT2D eigenvalue weighted by molar-refractivity contribution is 7.92. The molecular formula is C38H43Cl2N3O7S. The summed E-state index contributed by atoms with van der Waals surface area (Å²) in [6.45, 7) is 3.93. The summed E-state index contributed by atoms with van der Waals surface area (Å²) in [5.74, 6) is 0.0552. The number of benzene rings is 4. The minimum Gasteiger partial charge on any atom is -0.494 e. The Morgan fingerprint density at radius 1 is 0.863 bits per heavy atom. The summed E-state index contributed by atoms with van der Waals surface area (Å²) in [6, 6.07) is 23.8. The van der Waals surface area contributed by atoms with Gasteiger partial charge in [0.15, 0.2) is 11.5 Å². The van der Waals surface area contributed by atoms with Crippen LogP contribution >= 0.6 is 23.2 Å². The molecular weight excluding hydrogens is 713 g/mol. The molecule has 0 bridgehead atoms. The third-order valence-electron chi connectivity index (χ3n) is 8.11. The molecule has 4 aromatic rings. The Morgan fingerprint density at radius 2 is 1.57 bits per heavy atom. The van der Waals surface area contributed by atoms with Crippen molar-refractivity contribution in [1.29, 1.82) is 0 Å². The maximum Gasteiger partial charge on any atom is 0.264 e. The van der Waals surface area contributed by atoms with E-state index >= 15 is 0 Å². The zero-order valence-electron chi connectivity index (χ0n) is 29.1. The number of methoxy groups -OCH3 is 2. The molecule has 1 atom stereocenters. The number of hydrogen-bond acceptors (Lipinski definition) is 7. The molecule has 0 aliphatic rings. The molecule has 4 aromatic carbocycles. The van der Waals surface area contributed by atoms with Crippen molar-refractivity contribution in [2.75, 3.05) is 38.2 Å². The van der Waals surface area contributed by atoms with Gasteiger partial charge in [0.2, 0.25) is 11.8 Å².